The molecule has 0 bridgehead atoms. The Balaban J connectivity index is 1.74. The van der Waals surface area contributed by atoms with Crippen molar-refractivity contribution in [3.63, 3.8) is 0 Å². The van der Waals surface area contributed by atoms with Gasteiger partial charge in [0.15, 0.2) is 11.9 Å². The van der Waals surface area contributed by atoms with E-state index in [4.69, 9.17) is 9.26 Å². The summed E-state index contributed by atoms with van der Waals surface area (Å²) in [5.74, 6) is 1.05. The number of hydrogen-bond donors (Lipinski definition) is 0. The lowest BCUT2D eigenvalue weighted by molar-refractivity contribution is -0.0330. The standard InChI is InChI=1S/C17H16N6O2/c1-10-8-23(9-14(24-10)17-21-11(2)22-25-17)13-4-3-12(7-18)15-16(13)20-6-5-19-15/h3-6,10,14H,8-9H2,1-2H3/t10-,14?/m1/s1. The number of fused-ring (bicyclic) bond motifs is 1. The van der Waals surface area contributed by atoms with Gasteiger partial charge in [0.1, 0.15) is 17.1 Å². The van der Waals surface area contributed by atoms with E-state index in [0.717, 1.165) is 5.69 Å². The molecule has 4 rings (SSSR count). The van der Waals surface area contributed by atoms with Gasteiger partial charge in [-0.15, -0.1) is 0 Å². The van der Waals surface area contributed by atoms with Crippen LogP contribution in [-0.4, -0.2) is 39.3 Å². The van der Waals surface area contributed by atoms with Gasteiger partial charge in [0.25, 0.3) is 5.89 Å². The van der Waals surface area contributed by atoms with Crippen molar-refractivity contribution in [1.29, 1.82) is 5.26 Å². The molecular formula is C17H16N6O2. The van der Waals surface area contributed by atoms with E-state index in [1.807, 2.05) is 13.0 Å². The second kappa shape index (κ2) is 6.11. The fourth-order valence-corrected chi connectivity index (χ4v) is 3.12. The first-order valence-corrected chi connectivity index (χ1v) is 8.00. The summed E-state index contributed by atoms with van der Waals surface area (Å²) < 4.78 is 11.2. The smallest absolute Gasteiger partial charge is 0.257 e. The van der Waals surface area contributed by atoms with E-state index in [9.17, 15) is 5.26 Å². The first kappa shape index (κ1) is 15.5. The first-order chi connectivity index (χ1) is 12.2. The molecule has 1 aliphatic heterocycles. The topological polar surface area (TPSA) is 101 Å². The number of rotatable bonds is 2. The van der Waals surface area contributed by atoms with Gasteiger partial charge < -0.3 is 14.2 Å². The van der Waals surface area contributed by atoms with Gasteiger partial charge in [-0.1, -0.05) is 5.16 Å². The second-order valence-corrected chi connectivity index (χ2v) is 6.02. The van der Waals surface area contributed by atoms with E-state index in [-0.39, 0.29) is 12.2 Å². The van der Waals surface area contributed by atoms with Crippen molar-refractivity contribution in [3.8, 4) is 6.07 Å². The number of aromatic nitrogens is 4. The van der Waals surface area contributed by atoms with Crippen molar-refractivity contribution >= 4 is 16.7 Å². The zero-order valence-electron chi connectivity index (χ0n) is 13.9. The molecule has 1 fully saturated rings. The van der Waals surface area contributed by atoms with Crippen LogP contribution in [-0.2, 0) is 4.74 Å². The fourth-order valence-electron chi connectivity index (χ4n) is 3.12. The Morgan fingerprint density at radius 3 is 2.72 bits per heavy atom. The van der Waals surface area contributed by atoms with Crippen molar-refractivity contribution in [1.82, 2.24) is 20.1 Å². The van der Waals surface area contributed by atoms with Gasteiger partial charge in [-0.05, 0) is 26.0 Å². The summed E-state index contributed by atoms with van der Waals surface area (Å²) >= 11 is 0. The van der Waals surface area contributed by atoms with Crippen LogP contribution in [0.25, 0.3) is 11.0 Å². The zero-order chi connectivity index (χ0) is 17.4. The molecule has 1 saturated heterocycles. The molecule has 25 heavy (non-hydrogen) atoms. The Bertz CT molecular complexity index is 963. The van der Waals surface area contributed by atoms with Gasteiger partial charge in [-0.3, -0.25) is 9.97 Å². The maximum atomic E-state index is 9.29. The minimum absolute atomic E-state index is 0.0201. The molecular weight excluding hydrogens is 320 g/mol. The zero-order valence-corrected chi connectivity index (χ0v) is 13.9. The Morgan fingerprint density at radius 1 is 1.20 bits per heavy atom. The maximum absolute atomic E-state index is 9.29. The van der Waals surface area contributed by atoms with Crippen LogP contribution in [0.3, 0.4) is 0 Å². The van der Waals surface area contributed by atoms with Crippen LogP contribution in [0.2, 0.25) is 0 Å². The number of ether oxygens (including phenoxy) is 1. The van der Waals surface area contributed by atoms with Crippen molar-refractivity contribution in [2.24, 2.45) is 0 Å². The first-order valence-electron chi connectivity index (χ1n) is 8.00. The normalized spacial score (nSPS) is 20.6. The third-order valence-corrected chi connectivity index (χ3v) is 4.14. The van der Waals surface area contributed by atoms with E-state index < -0.39 is 0 Å². The number of benzene rings is 1. The minimum Gasteiger partial charge on any atom is -0.364 e. The number of aryl methyl sites for hydroxylation is 1. The SMILES string of the molecule is Cc1noc(C2CN(c3ccc(C#N)c4nccnc34)C[C@@H](C)O2)n1. The average Bonchev–Trinajstić information content (AvgIpc) is 3.06. The van der Waals surface area contributed by atoms with E-state index in [1.54, 1.807) is 25.4 Å². The Kier molecular flexibility index (Phi) is 3.78. The Hall–Kier alpha value is -3.05. The summed E-state index contributed by atoms with van der Waals surface area (Å²) in [6, 6.07) is 5.85. The molecule has 2 aromatic heterocycles. The largest absolute Gasteiger partial charge is 0.364 e. The predicted octanol–water partition coefficient (Wildman–Crippen LogP) is 2.16. The number of anilines is 1. The summed E-state index contributed by atoms with van der Waals surface area (Å²) in [7, 11) is 0. The third-order valence-electron chi connectivity index (χ3n) is 4.14. The van der Waals surface area contributed by atoms with Gasteiger partial charge in [0.05, 0.1) is 23.9 Å². The molecule has 0 aliphatic carbocycles. The quantitative estimate of drug-likeness (QED) is 0.701. The Labute approximate surface area is 144 Å². The fraction of sp³-hybridized carbons (Fsp3) is 0.353. The lowest BCUT2D eigenvalue weighted by Crippen LogP contribution is -2.43. The lowest BCUT2D eigenvalue weighted by Gasteiger charge is -2.37. The molecule has 1 aromatic carbocycles. The highest BCUT2D eigenvalue weighted by atomic mass is 16.5. The summed E-state index contributed by atoms with van der Waals surface area (Å²) in [5, 5.41) is 13.1. The number of nitriles is 1. The van der Waals surface area contributed by atoms with Gasteiger partial charge in [0, 0.05) is 18.9 Å². The van der Waals surface area contributed by atoms with Gasteiger partial charge >= 0.3 is 0 Å². The van der Waals surface area contributed by atoms with Crippen LogP contribution in [0.15, 0.2) is 29.0 Å². The molecule has 1 unspecified atom stereocenters. The minimum atomic E-state index is -0.313. The number of morpholine rings is 1. The van der Waals surface area contributed by atoms with Gasteiger partial charge in [0.2, 0.25) is 0 Å². The summed E-state index contributed by atoms with van der Waals surface area (Å²) in [6.07, 6.45) is 2.90. The summed E-state index contributed by atoms with van der Waals surface area (Å²) in [6.45, 7) is 5.03. The van der Waals surface area contributed by atoms with E-state index in [0.29, 0.717) is 41.4 Å². The third kappa shape index (κ3) is 2.79. The summed E-state index contributed by atoms with van der Waals surface area (Å²) in [4.78, 5) is 15.2. The average molecular weight is 336 g/mol. The van der Waals surface area contributed by atoms with Crippen molar-refractivity contribution < 1.29 is 9.26 Å². The molecule has 0 saturated carbocycles. The van der Waals surface area contributed by atoms with Crippen LogP contribution in [0, 0.1) is 18.3 Å². The van der Waals surface area contributed by atoms with Crippen LogP contribution < -0.4 is 4.90 Å². The maximum Gasteiger partial charge on any atom is 0.257 e. The van der Waals surface area contributed by atoms with E-state index in [2.05, 4.69) is 31.1 Å². The van der Waals surface area contributed by atoms with Crippen molar-refractivity contribution in [3.05, 3.63) is 41.8 Å². The van der Waals surface area contributed by atoms with Gasteiger partial charge in [-0.2, -0.15) is 10.2 Å². The van der Waals surface area contributed by atoms with Crippen LogP contribution in [0.5, 0.6) is 0 Å². The van der Waals surface area contributed by atoms with Gasteiger partial charge in [-0.25, -0.2) is 0 Å². The van der Waals surface area contributed by atoms with Crippen LogP contribution in [0.1, 0.15) is 30.3 Å². The molecule has 2 atom stereocenters. The molecule has 8 nitrogen and oxygen atoms in total. The number of nitrogens with zero attached hydrogens (tertiary/aromatic N) is 6. The molecule has 0 N–H and O–H groups in total. The Morgan fingerprint density at radius 2 is 2.00 bits per heavy atom. The van der Waals surface area contributed by atoms with Crippen molar-refractivity contribution in [2.45, 2.75) is 26.1 Å². The van der Waals surface area contributed by atoms with Crippen LogP contribution in [0.4, 0.5) is 5.69 Å². The molecule has 0 spiro atoms. The molecule has 3 aromatic rings. The van der Waals surface area contributed by atoms with E-state index in [1.165, 1.54) is 0 Å². The monoisotopic (exact) mass is 336 g/mol. The molecule has 0 radical (unpaired) electrons. The predicted molar refractivity (Wildman–Crippen MR) is 88.8 cm³/mol. The summed E-state index contributed by atoms with van der Waals surface area (Å²) in [5.41, 5.74) is 2.73. The van der Waals surface area contributed by atoms with Crippen molar-refractivity contribution in [2.75, 3.05) is 18.0 Å². The highest BCUT2D eigenvalue weighted by Gasteiger charge is 2.31. The lowest BCUT2D eigenvalue weighted by atomic mass is 10.1. The second-order valence-electron chi connectivity index (χ2n) is 6.02. The highest BCUT2D eigenvalue weighted by Crippen LogP contribution is 2.32. The molecule has 126 valence electrons. The molecule has 8 heteroatoms. The molecule has 1 aliphatic rings. The van der Waals surface area contributed by atoms with Crippen LogP contribution >= 0.6 is 0 Å². The highest BCUT2D eigenvalue weighted by molar-refractivity contribution is 5.92. The molecule has 0 amide bonds. The molecule has 3 heterocycles. The number of hydrogen-bond acceptors (Lipinski definition) is 8. The van der Waals surface area contributed by atoms with E-state index >= 15 is 0 Å².